The summed E-state index contributed by atoms with van der Waals surface area (Å²) < 4.78 is 0. The highest BCUT2D eigenvalue weighted by Crippen LogP contribution is 2.32. The van der Waals surface area contributed by atoms with Crippen LogP contribution in [0, 0.1) is 6.92 Å². The molecule has 0 spiro atoms. The monoisotopic (exact) mass is 266 g/mol. The number of benzene rings is 2. The Balaban J connectivity index is 2.05. The van der Waals surface area contributed by atoms with E-state index in [0.29, 0.717) is 0 Å². The summed E-state index contributed by atoms with van der Waals surface area (Å²) in [7, 11) is 0. The zero-order valence-corrected chi connectivity index (χ0v) is 11.4. The first-order valence-corrected chi connectivity index (χ1v) is 7.00. The van der Waals surface area contributed by atoms with Gasteiger partial charge < -0.3 is 5.73 Å². The molecule has 3 heteroatoms. The first-order valence-electron chi connectivity index (χ1n) is 6.12. The summed E-state index contributed by atoms with van der Waals surface area (Å²) in [5, 5.41) is 3.11. The first kappa shape index (κ1) is 11.9. The molecule has 0 atom stereocenters. The predicted octanol–water partition coefficient (Wildman–Crippen LogP) is 4.37. The molecule has 3 rings (SSSR count). The molecule has 0 radical (unpaired) electrons. The van der Waals surface area contributed by atoms with Crippen molar-refractivity contribution in [2.24, 2.45) is 0 Å². The van der Waals surface area contributed by atoms with Crippen LogP contribution in [-0.4, -0.2) is 4.98 Å². The van der Waals surface area contributed by atoms with E-state index in [2.05, 4.69) is 23.6 Å². The van der Waals surface area contributed by atoms with Gasteiger partial charge in [-0.05, 0) is 18.6 Å². The van der Waals surface area contributed by atoms with Crippen LogP contribution in [0.3, 0.4) is 0 Å². The number of nitrogens with two attached hydrogens (primary N) is 1. The zero-order valence-electron chi connectivity index (χ0n) is 10.6. The van der Waals surface area contributed by atoms with Gasteiger partial charge in [0.2, 0.25) is 0 Å². The lowest BCUT2D eigenvalue weighted by Crippen LogP contribution is -1.91. The highest BCUT2D eigenvalue weighted by atomic mass is 32.1. The Morgan fingerprint density at radius 2 is 1.79 bits per heavy atom. The average Bonchev–Trinajstić information content (AvgIpc) is 2.92. The second kappa shape index (κ2) is 4.86. The maximum atomic E-state index is 5.95. The topological polar surface area (TPSA) is 38.9 Å². The molecule has 0 saturated heterocycles. The molecular weight excluding hydrogens is 252 g/mol. The Kier molecular flexibility index (Phi) is 3.05. The lowest BCUT2D eigenvalue weighted by molar-refractivity contribution is 1.37. The van der Waals surface area contributed by atoms with Gasteiger partial charge in [-0.15, -0.1) is 11.3 Å². The fraction of sp³-hybridized carbons (Fsp3) is 0.0625. The van der Waals surface area contributed by atoms with Crippen molar-refractivity contribution >= 4 is 17.0 Å². The first-order chi connectivity index (χ1) is 9.25. The van der Waals surface area contributed by atoms with Gasteiger partial charge in [-0.25, -0.2) is 4.98 Å². The Morgan fingerprint density at radius 3 is 2.58 bits per heavy atom. The number of aromatic nitrogens is 1. The van der Waals surface area contributed by atoms with Crippen LogP contribution in [0.4, 0.5) is 5.69 Å². The van der Waals surface area contributed by atoms with Gasteiger partial charge >= 0.3 is 0 Å². The number of hydrogen-bond donors (Lipinski definition) is 1. The Morgan fingerprint density at radius 1 is 1.00 bits per heavy atom. The van der Waals surface area contributed by atoms with E-state index in [-0.39, 0.29) is 0 Å². The van der Waals surface area contributed by atoms with Crippen molar-refractivity contribution in [3.63, 3.8) is 0 Å². The summed E-state index contributed by atoms with van der Waals surface area (Å²) in [4.78, 5) is 4.72. The lowest BCUT2D eigenvalue weighted by atomic mass is 10.1. The van der Waals surface area contributed by atoms with Gasteiger partial charge in [0.15, 0.2) is 0 Å². The fourth-order valence-electron chi connectivity index (χ4n) is 2.02. The van der Waals surface area contributed by atoms with Crippen molar-refractivity contribution in [1.29, 1.82) is 0 Å². The van der Waals surface area contributed by atoms with E-state index < -0.39 is 0 Å². The third kappa shape index (κ3) is 2.25. The number of nitrogens with zero attached hydrogens (tertiary/aromatic N) is 1. The number of thiazole rings is 1. The molecule has 1 heterocycles. The average molecular weight is 266 g/mol. The third-order valence-electron chi connectivity index (χ3n) is 3.18. The van der Waals surface area contributed by atoms with E-state index in [4.69, 9.17) is 10.7 Å². The third-order valence-corrected chi connectivity index (χ3v) is 4.06. The molecule has 0 amide bonds. The number of anilines is 1. The van der Waals surface area contributed by atoms with Gasteiger partial charge in [0.1, 0.15) is 5.01 Å². The second-order valence-electron chi connectivity index (χ2n) is 4.42. The number of hydrogen-bond acceptors (Lipinski definition) is 3. The van der Waals surface area contributed by atoms with Crippen molar-refractivity contribution in [2.45, 2.75) is 6.92 Å². The molecular formula is C16H14N2S. The predicted molar refractivity (Wildman–Crippen MR) is 82.1 cm³/mol. The van der Waals surface area contributed by atoms with E-state index in [1.165, 1.54) is 0 Å². The zero-order chi connectivity index (χ0) is 13.2. The summed E-state index contributed by atoms with van der Waals surface area (Å²) in [6.45, 7) is 2.04. The van der Waals surface area contributed by atoms with Gasteiger partial charge in [0.25, 0.3) is 0 Å². The largest absolute Gasteiger partial charge is 0.398 e. The van der Waals surface area contributed by atoms with Crippen LogP contribution in [0.15, 0.2) is 53.9 Å². The van der Waals surface area contributed by atoms with Crippen molar-refractivity contribution in [3.8, 4) is 21.8 Å². The van der Waals surface area contributed by atoms with E-state index in [1.54, 1.807) is 11.3 Å². The molecule has 1 aromatic heterocycles. The Hall–Kier alpha value is -2.13. The van der Waals surface area contributed by atoms with Crippen LogP contribution in [0.1, 0.15) is 5.56 Å². The minimum Gasteiger partial charge on any atom is -0.398 e. The van der Waals surface area contributed by atoms with E-state index >= 15 is 0 Å². The van der Waals surface area contributed by atoms with Crippen LogP contribution in [0.2, 0.25) is 0 Å². The molecule has 2 nitrogen and oxygen atoms in total. The van der Waals surface area contributed by atoms with Crippen LogP contribution in [0.25, 0.3) is 21.8 Å². The Labute approximate surface area is 116 Å². The molecule has 0 aliphatic carbocycles. The lowest BCUT2D eigenvalue weighted by Gasteiger charge is -2.04. The smallest absolute Gasteiger partial charge is 0.124 e. The minimum atomic E-state index is 0.814. The summed E-state index contributed by atoms with van der Waals surface area (Å²) in [6.07, 6.45) is 0. The van der Waals surface area contributed by atoms with Crippen LogP contribution < -0.4 is 5.73 Å². The van der Waals surface area contributed by atoms with Crippen molar-refractivity contribution < 1.29 is 0 Å². The molecule has 2 N–H and O–H groups in total. The molecule has 0 bridgehead atoms. The maximum absolute atomic E-state index is 5.95. The van der Waals surface area contributed by atoms with Gasteiger partial charge in [-0.1, -0.05) is 42.5 Å². The summed E-state index contributed by atoms with van der Waals surface area (Å²) in [6, 6.07) is 16.2. The fourth-order valence-corrected chi connectivity index (χ4v) is 2.94. The van der Waals surface area contributed by atoms with Gasteiger partial charge in [-0.2, -0.15) is 0 Å². The molecule has 0 unspecified atom stereocenters. The summed E-state index contributed by atoms with van der Waals surface area (Å²) in [5.74, 6) is 0. The molecule has 0 aliphatic heterocycles. The van der Waals surface area contributed by atoms with Crippen molar-refractivity contribution in [1.82, 2.24) is 4.98 Å². The van der Waals surface area contributed by atoms with Gasteiger partial charge in [-0.3, -0.25) is 0 Å². The van der Waals surface area contributed by atoms with E-state index in [1.807, 2.05) is 37.3 Å². The molecule has 0 fully saturated rings. The molecule has 94 valence electrons. The van der Waals surface area contributed by atoms with E-state index in [0.717, 1.165) is 33.1 Å². The molecule has 3 aromatic rings. The molecule has 0 saturated carbocycles. The SMILES string of the molecule is Cc1c(N)cccc1-c1nc(-c2ccccc2)cs1. The van der Waals surface area contributed by atoms with Crippen LogP contribution >= 0.6 is 11.3 Å². The second-order valence-corrected chi connectivity index (χ2v) is 5.28. The van der Waals surface area contributed by atoms with E-state index in [9.17, 15) is 0 Å². The molecule has 2 aromatic carbocycles. The van der Waals surface area contributed by atoms with Crippen molar-refractivity contribution in [3.05, 3.63) is 59.5 Å². The maximum Gasteiger partial charge on any atom is 0.124 e. The highest BCUT2D eigenvalue weighted by molar-refractivity contribution is 7.13. The Bertz CT molecular complexity index is 702. The van der Waals surface area contributed by atoms with Crippen LogP contribution in [0.5, 0.6) is 0 Å². The quantitative estimate of drug-likeness (QED) is 0.700. The summed E-state index contributed by atoms with van der Waals surface area (Å²) >= 11 is 1.65. The normalized spacial score (nSPS) is 10.6. The minimum absolute atomic E-state index is 0.814. The number of rotatable bonds is 2. The molecule has 0 aliphatic rings. The highest BCUT2D eigenvalue weighted by Gasteiger charge is 2.09. The van der Waals surface area contributed by atoms with Crippen LogP contribution in [-0.2, 0) is 0 Å². The van der Waals surface area contributed by atoms with Gasteiger partial charge in [0, 0.05) is 22.2 Å². The van der Waals surface area contributed by atoms with Gasteiger partial charge in [0.05, 0.1) is 5.69 Å². The number of nitrogen functional groups attached to an aromatic ring is 1. The molecule has 19 heavy (non-hydrogen) atoms. The van der Waals surface area contributed by atoms with Crippen molar-refractivity contribution in [2.75, 3.05) is 5.73 Å². The summed E-state index contributed by atoms with van der Waals surface area (Å²) in [5.41, 5.74) is 11.1. The standard InChI is InChI=1S/C16H14N2S/c1-11-13(8-5-9-14(11)17)16-18-15(10-19-16)12-6-3-2-4-7-12/h2-10H,17H2,1H3.